The van der Waals surface area contributed by atoms with E-state index >= 15 is 0 Å². The number of aromatic nitrogens is 3. The van der Waals surface area contributed by atoms with Crippen LogP contribution in [0.1, 0.15) is 12.5 Å². The van der Waals surface area contributed by atoms with Crippen LogP contribution in [0.15, 0.2) is 64.9 Å². The van der Waals surface area contributed by atoms with E-state index in [0.29, 0.717) is 21.8 Å². The minimum atomic E-state index is -0.153. The maximum atomic E-state index is 12.0. The minimum absolute atomic E-state index is 0.153. The van der Waals surface area contributed by atoms with E-state index in [2.05, 4.69) is 31.0 Å². The molecular formula is C18H17ClN6OS. The van der Waals surface area contributed by atoms with Crippen LogP contribution in [-0.4, -0.2) is 32.6 Å². The van der Waals surface area contributed by atoms with E-state index < -0.39 is 0 Å². The topological polar surface area (TPSA) is 95.1 Å². The highest BCUT2D eigenvalue weighted by Gasteiger charge is 2.08. The van der Waals surface area contributed by atoms with Crippen LogP contribution in [0.2, 0.25) is 5.02 Å². The lowest BCUT2D eigenvalue weighted by atomic mass is 10.1. The molecule has 1 heterocycles. The average molecular weight is 401 g/mol. The molecule has 1 aromatic heterocycles. The number of anilines is 2. The molecule has 3 rings (SSSR count). The smallest absolute Gasteiger partial charge is 0.240 e. The zero-order valence-corrected chi connectivity index (χ0v) is 16.0. The standard InChI is InChI=1S/C18H17ClN6OS/c1-12(13-5-3-2-4-6-13)22-23-17-21-18(25-24-17)27-11-16(26)20-15-9-7-14(19)8-10-15/h2-10H,11H2,1H3,(H,20,26)(H2,21,23,24,25)/b22-12+. The van der Waals surface area contributed by atoms with E-state index in [1.54, 1.807) is 24.3 Å². The number of hydrogen-bond acceptors (Lipinski definition) is 6. The number of H-pyrrole nitrogens is 1. The zero-order valence-electron chi connectivity index (χ0n) is 14.4. The Morgan fingerprint density at radius 1 is 1.19 bits per heavy atom. The second kappa shape index (κ2) is 9.20. The number of halogens is 1. The molecule has 0 aliphatic rings. The molecule has 0 atom stereocenters. The molecule has 27 heavy (non-hydrogen) atoms. The Morgan fingerprint density at radius 2 is 1.93 bits per heavy atom. The molecule has 0 saturated carbocycles. The van der Waals surface area contributed by atoms with Gasteiger partial charge in [-0.1, -0.05) is 53.7 Å². The van der Waals surface area contributed by atoms with Crippen LogP contribution in [0.5, 0.6) is 0 Å². The molecule has 1 amide bonds. The van der Waals surface area contributed by atoms with Gasteiger partial charge in [-0.3, -0.25) is 4.79 Å². The minimum Gasteiger partial charge on any atom is -0.325 e. The van der Waals surface area contributed by atoms with Crippen LogP contribution in [0.25, 0.3) is 0 Å². The van der Waals surface area contributed by atoms with Crippen LogP contribution < -0.4 is 10.7 Å². The molecule has 9 heteroatoms. The van der Waals surface area contributed by atoms with Crippen LogP contribution in [0, 0.1) is 0 Å². The van der Waals surface area contributed by atoms with E-state index in [4.69, 9.17) is 11.6 Å². The van der Waals surface area contributed by atoms with Gasteiger partial charge in [0.05, 0.1) is 11.5 Å². The first-order valence-corrected chi connectivity index (χ1v) is 9.43. The van der Waals surface area contributed by atoms with Crippen molar-refractivity contribution in [1.82, 2.24) is 15.2 Å². The Hall–Kier alpha value is -2.84. The fourth-order valence-corrected chi connectivity index (χ4v) is 2.83. The predicted molar refractivity (Wildman–Crippen MR) is 109 cm³/mol. The van der Waals surface area contributed by atoms with Crippen molar-refractivity contribution in [1.29, 1.82) is 0 Å². The lowest BCUT2D eigenvalue weighted by Gasteiger charge is -2.03. The van der Waals surface area contributed by atoms with Gasteiger partial charge in [-0.25, -0.2) is 10.5 Å². The number of amides is 1. The van der Waals surface area contributed by atoms with E-state index in [1.807, 2.05) is 37.3 Å². The highest BCUT2D eigenvalue weighted by molar-refractivity contribution is 7.99. The summed E-state index contributed by atoms with van der Waals surface area (Å²) in [5.41, 5.74) is 5.35. The fourth-order valence-electron chi connectivity index (χ4n) is 2.10. The predicted octanol–water partition coefficient (Wildman–Crippen LogP) is 4.03. The molecule has 7 nitrogen and oxygen atoms in total. The largest absolute Gasteiger partial charge is 0.325 e. The molecule has 0 radical (unpaired) electrons. The summed E-state index contributed by atoms with van der Waals surface area (Å²) in [6.07, 6.45) is 0. The molecule has 0 aliphatic carbocycles. The molecule has 0 fully saturated rings. The van der Waals surface area contributed by atoms with Gasteiger partial charge in [0, 0.05) is 10.7 Å². The summed E-state index contributed by atoms with van der Waals surface area (Å²) in [4.78, 5) is 16.2. The highest BCUT2D eigenvalue weighted by Crippen LogP contribution is 2.16. The highest BCUT2D eigenvalue weighted by atomic mass is 35.5. The Bertz CT molecular complexity index is 927. The van der Waals surface area contributed by atoms with E-state index in [-0.39, 0.29) is 11.7 Å². The first kappa shape index (κ1) is 18.9. The number of hydrazone groups is 1. The normalized spacial score (nSPS) is 11.3. The number of hydrogen-bond donors (Lipinski definition) is 3. The van der Waals surface area contributed by atoms with Crippen molar-refractivity contribution in [3.8, 4) is 0 Å². The molecule has 0 bridgehead atoms. The van der Waals surface area contributed by atoms with Crippen molar-refractivity contribution in [2.24, 2.45) is 5.10 Å². The van der Waals surface area contributed by atoms with Gasteiger partial charge in [-0.2, -0.15) is 10.1 Å². The number of rotatable bonds is 7. The molecular weight excluding hydrogens is 384 g/mol. The maximum absolute atomic E-state index is 12.0. The van der Waals surface area contributed by atoms with E-state index in [1.165, 1.54) is 11.8 Å². The van der Waals surface area contributed by atoms with Gasteiger partial charge < -0.3 is 5.32 Å². The first-order chi connectivity index (χ1) is 13.1. The molecule has 0 spiro atoms. The fraction of sp³-hybridized carbons (Fsp3) is 0.111. The number of thioether (sulfide) groups is 1. The number of nitrogens with zero attached hydrogens (tertiary/aromatic N) is 3. The third kappa shape index (κ3) is 5.83. The van der Waals surface area contributed by atoms with Crippen molar-refractivity contribution in [3.05, 3.63) is 65.2 Å². The van der Waals surface area contributed by atoms with Gasteiger partial charge in [0.25, 0.3) is 0 Å². The number of carbonyl (C=O) groups excluding carboxylic acids is 1. The van der Waals surface area contributed by atoms with Crippen molar-refractivity contribution in [3.63, 3.8) is 0 Å². The summed E-state index contributed by atoms with van der Waals surface area (Å²) in [5.74, 6) is 0.442. The monoisotopic (exact) mass is 400 g/mol. The van der Waals surface area contributed by atoms with Gasteiger partial charge in [0.15, 0.2) is 0 Å². The Balaban J connectivity index is 1.49. The number of aromatic amines is 1. The van der Waals surface area contributed by atoms with Gasteiger partial charge in [-0.05, 0) is 36.8 Å². The van der Waals surface area contributed by atoms with Crippen molar-refractivity contribution >= 4 is 46.6 Å². The van der Waals surface area contributed by atoms with Gasteiger partial charge >= 0.3 is 0 Å². The number of carbonyl (C=O) groups is 1. The zero-order chi connectivity index (χ0) is 19.1. The second-order valence-electron chi connectivity index (χ2n) is 5.49. The Kier molecular flexibility index (Phi) is 6.45. The number of nitrogens with one attached hydrogen (secondary N) is 3. The molecule has 138 valence electrons. The summed E-state index contributed by atoms with van der Waals surface area (Å²) in [6.45, 7) is 1.90. The van der Waals surface area contributed by atoms with Crippen molar-refractivity contribution < 1.29 is 4.79 Å². The summed E-state index contributed by atoms with van der Waals surface area (Å²) in [6, 6.07) is 16.7. The summed E-state index contributed by atoms with van der Waals surface area (Å²) < 4.78 is 0. The summed E-state index contributed by atoms with van der Waals surface area (Å²) in [5, 5.41) is 14.9. The second-order valence-corrected chi connectivity index (χ2v) is 6.86. The molecule has 3 aromatic rings. The molecule has 0 saturated heterocycles. The molecule has 3 N–H and O–H groups in total. The van der Waals surface area contributed by atoms with Gasteiger partial charge in [0.1, 0.15) is 0 Å². The average Bonchev–Trinajstić information content (AvgIpc) is 3.15. The molecule has 0 aliphatic heterocycles. The van der Waals surface area contributed by atoms with Crippen LogP contribution in [0.3, 0.4) is 0 Å². The van der Waals surface area contributed by atoms with Crippen molar-refractivity contribution in [2.45, 2.75) is 12.1 Å². The SMILES string of the molecule is C/C(=N\Nc1nc(SCC(=O)Nc2ccc(Cl)cc2)n[nH]1)c1ccccc1. The lowest BCUT2D eigenvalue weighted by molar-refractivity contribution is -0.113. The van der Waals surface area contributed by atoms with Crippen molar-refractivity contribution in [2.75, 3.05) is 16.5 Å². The molecule has 2 aromatic carbocycles. The number of benzene rings is 2. The summed E-state index contributed by atoms with van der Waals surface area (Å²) in [7, 11) is 0. The third-order valence-corrected chi connectivity index (χ3v) is 4.55. The van der Waals surface area contributed by atoms with Gasteiger partial charge in [-0.15, -0.1) is 5.10 Å². The van der Waals surface area contributed by atoms with Crippen LogP contribution in [-0.2, 0) is 4.79 Å². The van der Waals surface area contributed by atoms with Crippen LogP contribution in [0.4, 0.5) is 11.6 Å². The molecule has 0 unspecified atom stereocenters. The lowest BCUT2D eigenvalue weighted by Crippen LogP contribution is -2.13. The van der Waals surface area contributed by atoms with E-state index in [9.17, 15) is 4.79 Å². The van der Waals surface area contributed by atoms with Crippen LogP contribution >= 0.6 is 23.4 Å². The van der Waals surface area contributed by atoms with Gasteiger partial charge in [0.2, 0.25) is 17.0 Å². The summed E-state index contributed by atoms with van der Waals surface area (Å²) >= 11 is 7.04. The quantitative estimate of drug-likeness (QED) is 0.316. The third-order valence-electron chi connectivity index (χ3n) is 3.45. The first-order valence-electron chi connectivity index (χ1n) is 8.06. The Morgan fingerprint density at radius 3 is 2.67 bits per heavy atom. The maximum Gasteiger partial charge on any atom is 0.240 e. The Labute approximate surface area is 165 Å². The van der Waals surface area contributed by atoms with E-state index in [0.717, 1.165) is 11.3 Å².